The van der Waals surface area contributed by atoms with Crippen LogP contribution in [0.15, 0.2) is 24.3 Å². The molecule has 20 heavy (non-hydrogen) atoms. The summed E-state index contributed by atoms with van der Waals surface area (Å²) in [7, 11) is 0. The lowest BCUT2D eigenvalue weighted by molar-refractivity contribution is 0.296. The van der Waals surface area contributed by atoms with E-state index in [2.05, 4.69) is 36.5 Å². The molecule has 0 aliphatic heterocycles. The molecule has 0 heterocycles. The van der Waals surface area contributed by atoms with E-state index in [0.717, 1.165) is 5.92 Å². The van der Waals surface area contributed by atoms with Crippen LogP contribution in [0.2, 0.25) is 0 Å². The number of hydrogen-bond acceptors (Lipinski definition) is 1. The summed E-state index contributed by atoms with van der Waals surface area (Å²) < 4.78 is 0. The maximum absolute atomic E-state index is 3.96. The maximum Gasteiger partial charge on any atom is 0.0113 e. The number of benzene rings is 1. The van der Waals surface area contributed by atoms with E-state index in [1.807, 2.05) is 0 Å². The monoisotopic (exact) mass is 271 g/mol. The Morgan fingerprint density at radius 1 is 0.950 bits per heavy atom. The molecular weight excluding hydrogens is 242 g/mol. The highest BCUT2D eigenvalue weighted by Crippen LogP contribution is 2.27. The van der Waals surface area contributed by atoms with E-state index in [9.17, 15) is 0 Å². The van der Waals surface area contributed by atoms with E-state index < -0.39 is 0 Å². The number of rotatable bonds is 3. The summed E-state index contributed by atoms with van der Waals surface area (Å²) in [6.07, 6.45) is 12.5. The molecular formula is C19H29N. The van der Waals surface area contributed by atoms with E-state index >= 15 is 0 Å². The van der Waals surface area contributed by atoms with Crippen LogP contribution in [0, 0.1) is 5.92 Å². The number of fused-ring (bicyclic) bond motifs is 1. The molecule has 1 heteroatoms. The van der Waals surface area contributed by atoms with Crippen LogP contribution >= 0.6 is 0 Å². The summed E-state index contributed by atoms with van der Waals surface area (Å²) in [5.41, 5.74) is 3.15. The molecule has 2 aliphatic carbocycles. The van der Waals surface area contributed by atoms with E-state index in [4.69, 9.17) is 0 Å². The fourth-order valence-electron chi connectivity index (χ4n) is 4.16. The van der Waals surface area contributed by atoms with Crippen LogP contribution in [0.5, 0.6) is 0 Å². The van der Waals surface area contributed by atoms with Gasteiger partial charge in [0.2, 0.25) is 0 Å². The lowest BCUT2D eigenvalue weighted by Crippen LogP contribution is -2.43. The average molecular weight is 271 g/mol. The highest BCUT2D eigenvalue weighted by molar-refractivity contribution is 5.30. The minimum atomic E-state index is 0.697. The Kier molecular flexibility index (Phi) is 4.77. The topological polar surface area (TPSA) is 12.0 Å². The van der Waals surface area contributed by atoms with Crippen LogP contribution in [0.4, 0.5) is 0 Å². The average Bonchev–Trinajstić information content (AvgIpc) is 2.76. The van der Waals surface area contributed by atoms with Gasteiger partial charge in [0.1, 0.15) is 0 Å². The molecule has 1 unspecified atom stereocenters. The van der Waals surface area contributed by atoms with Crippen molar-refractivity contribution in [3.63, 3.8) is 0 Å². The van der Waals surface area contributed by atoms with Crippen molar-refractivity contribution in [3.05, 3.63) is 35.4 Å². The van der Waals surface area contributed by atoms with E-state index in [1.54, 1.807) is 11.1 Å². The summed E-state index contributed by atoms with van der Waals surface area (Å²) in [5, 5.41) is 3.96. The lowest BCUT2D eigenvalue weighted by atomic mass is 9.86. The Bertz CT molecular complexity index is 418. The smallest absolute Gasteiger partial charge is 0.0113 e. The third kappa shape index (κ3) is 3.44. The molecule has 2 atom stereocenters. The normalized spacial score (nSPS) is 25.8. The van der Waals surface area contributed by atoms with Crippen LogP contribution in [-0.4, -0.2) is 12.1 Å². The van der Waals surface area contributed by atoms with Crippen LogP contribution in [-0.2, 0) is 12.8 Å². The van der Waals surface area contributed by atoms with Crippen molar-refractivity contribution < 1.29 is 0 Å². The number of aryl methyl sites for hydroxylation is 1. The summed E-state index contributed by atoms with van der Waals surface area (Å²) >= 11 is 0. The van der Waals surface area contributed by atoms with Crippen molar-refractivity contribution in [2.24, 2.45) is 5.92 Å². The molecule has 0 radical (unpaired) electrons. The van der Waals surface area contributed by atoms with Gasteiger partial charge in [-0.25, -0.2) is 0 Å². The zero-order chi connectivity index (χ0) is 13.8. The lowest BCUT2D eigenvalue weighted by Gasteiger charge is -2.32. The summed E-state index contributed by atoms with van der Waals surface area (Å²) in [5.74, 6) is 0.912. The fourth-order valence-corrected chi connectivity index (χ4v) is 4.16. The zero-order valence-corrected chi connectivity index (χ0v) is 12.9. The highest BCUT2D eigenvalue weighted by Gasteiger charge is 2.24. The highest BCUT2D eigenvalue weighted by atomic mass is 15.0. The molecule has 2 aliphatic rings. The number of nitrogens with one attached hydrogen (secondary N) is 1. The van der Waals surface area contributed by atoms with Crippen molar-refractivity contribution in [2.45, 2.75) is 76.8 Å². The van der Waals surface area contributed by atoms with Crippen molar-refractivity contribution in [1.29, 1.82) is 0 Å². The SMILES string of the molecule is C[C@@H](NC1CCc2ccccc2C1)C1CCCCCC1. The molecule has 3 rings (SSSR count). The standard InChI is InChI=1S/C19H29N/c1-15(16-8-4-2-3-5-9-16)20-19-13-12-17-10-6-7-11-18(17)14-19/h6-7,10-11,15-16,19-20H,2-5,8-9,12-14H2,1H3/t15-,19?/m1/s1. The van der Waals surface area contributed by atoms with Gasteiger partial charge in [0, 0.05) is 12.1 Å². The summed E-state index contributed by atoms with van der Waals surface area (Å²) in [4.78, 5) is 0. The van der Waals surface area contributed by atoms with Crippen molar-refractivity contribution >= 4 is 0 Å². The molecule has 0 aromatic heterocycles. The second-order valence-electron chi connectivity index (χ2n) is 6.92. The van der Waals surface area contributed by atoms with Crippen molar-refractivity contribution in [3.8, 4) is 0 Å². The van der Waals surface area contributed by atoms with E-state index in [-0.39, 0.29) is 0 Å². The molecule has 110 valence electrons. The predicted octanol–water partition coefficient (Wildman–Crippen LogP) is 4.49. The van der Waals surface area contributed by atoms with Gasteiger partial charge in [0.15, 0.2) is 0 Å². The molecule has 0 spiro atoms. The quantitative estimate of drug-likeness (QED) is 0.799. The molecule has 1 aromatic rings. The van der Waals surface area contributed by atoms with Gasteiger partial charge in [-0.1, -0.05) is 49.9 Å². The molecule has 1 saturated carbocycles. The van der Waals surface area contributed by atoms with Crippen LogP contribution in [0.1, 0.15) is 63.0 Å². The Labute approximate surface area is 124 Å². The second-order valence-corrected chi connectivity index (χ2v) is 6.92. The largest absolute Gasteiger partial charge is 0.311 e. The van der Waals surface area contributed by atoms with Crippen molar-refractivity contribution in [1.82, 2.24) is 5.32 Å². The molecule has 1 nitrogen and oxygen atoms in total. The predicted molar refractivity (Wildman–Crippen MR) is 86.0 cm³/mol. The molecule has 1 N–H and O–H groups in total. The van der Waals surface area contributed by atoms with Crippen LogP contribution in [0.25, 0.3) is 0 Å². The molecule has 0 bridgehead atoms. The van der Waals surface area contributed by atoms with Gasteiger partial charge in [-0.15, -0.1) is 0 Å². The van der Waals surface area contributed by atoms with Gasteiger partial charge in [-0.05, 0) is 56.1 Å². The van der Waals surface area contributed by atoms with Gasteiger partial charge in [-0.2, -0.15) is 0 Å². The van der Waals surface area contributed by atoms with Crippen LogP contribution < -0.4 is 5.32 Å². The van der Waals surface area contributed by atoms with Gasteiger partial charge in [0.05, 0.1) is 0 Å². The number of hydrogen-bond donors (Lipinski definition) is 1. The molecule has 1 fully saturated rings. The first-order chi connectivity index (χ1) is 9.83. The summed E-state index contributed by atoms with van der Waals surface area (Å²) in [6.45, 7) is 2.43. The van der Waals surface area contributed by atoms with Gasteiger partial charge in [0.25, 0.3) is 0 Å². The third-order valence-electron chi connectivity index (χ3n) is 5.45. The zero-order valence-electron chi connectivity index (χ0n) is 12.9. The molecule has 0 saturated heterocycles. The van der Waals surface area contributed by atoms with Crippen molar-refractivity contribution in [2.75, 3.05) is 0 Å². The van der Waals surface area contributed by atoms with Gasteiger partial charge in [-0.3, -0.25) is 0 Å². The van der Waals surface area contributed by atoms with Crippen LogP contribution in [0.3, 0.4) is 0 Å². The van der Waals surface area contributed by atoms with Gasteiger partial charge >= 0.3 is 0 Å². The minimum Gasteiger partial charge on any atom is -0.311 e. The molecule has 1 aromatic carbocycles. The van der Waals surface area contributed by atoms with E-state index in [0.29, 0.717) is 12.1 Å². The molecule has 0 amide bonds. The Morgan fingerprint density at radius 2 is 1.65 bits per heavy atom. The minimum absolute atomic E-state index is 0.697. The first kappa shape index (κ1) is 14.1. The van der Waals surface area contributed by atoms with E-state index in [1.165, 1.54) is 57.8 Å². The summed E-state index contributed by atoms with van der Waals surface area (Å²) in [6, 6.07) is 10.4. The Hall–Kier alpha value is -0.820. The first-order valence-corrected chi connectivity index (χ1v) is 8.66. The van der Waals surface area contributed by atoms with Gasteiger partial charge < -0.3 is 5.32 Å². The first-order valence-electron chi connectivity index (χ1n) is 8.66. The Balaban J connectivity index is 1.56. The third-order valence-corrected chi connectivity index (χ3v) is 5.45. The second kappa shape index (κ2) is 6.76. The maximum atomic E-state index is 3.96. The fraction of sp³-hybridized carbons (Fsp3) is 0.684. The Morgan fingerprint density at radius 3 is 2.40 bits per heavy atom.